The maximum absolute atomic E-state index is 10.4. The van der Waals surface area contributed by atoms with Crippen molar-refractivity contribution in [3.8, 4) is 72.7 Å². The Morgan fingerprint density at radius 1 is 0.282 bits per heavy atom. The first-order chi connectivity index (χ1) is 64.0. The number of benzene rings is 17. The van der Waals surface area contributed by atoms with E-state index in [0.29, 0.717) is 61.9 Å². The smallest absolute Gasteiger partial charge is 0.136 e. The average Bonchev–Trinajstić information content (AvgIpc) is 1.60. The van der Waals surface area contributed by atoms with Crippen molar-refractivity contribution in [1.82, 2.24) is 13.7 Å². The second kappa shape index (κ2) is 26.0. The lowest BCUT2D eigenvalue weighted by molar-refractivity contribution is 0.569. The number of para-hydroxylation sites is 7. The highest BCUT2D eigenvalue weighted by molar-refractivity contribution is 6.24. The van der Waals surface area contributed by atoms with Crippen LogP contribution in [0, 0.1) is 0 Å². The van der Waals surface area contributed by atoms with E-state index in [1.54, 1.807) is 9.13 Å². The van der Waals surface area contributed by atoms with Crippen LogP contribution in [0.4, 0.5) is 34.1 Å². The third-order valence-electron chi connectivity index (χ3n) is 23.9. The van der Waals surface area contributed by atoms with Crippen LogP contribution in [-0.4, -0.2) is 13.7 Å². The lowest BCUT2D eigenvalue weighted by Gasteiger charge is -2.47. The summed E-state index contributed by atoms with van der Waals surface area (Å²) in [6, 6.07) is 86.3. The Labute approximate surface area is 702 Å². The molecule has 0 bridgehead atoms. The third kappa shape index (κ3) is 10.5. The van der Waals surface area contributed by atoms with E-state index < -0.39 is 103 Å². The second-order valence-electron chi connectivity index (χ2n) is 32.7. The highest BCUT2D eigenvalue weighted by Gasteiger charge is 2.45. The Bertz CT molecular complexity index is 8490. The minimum Gasteiger partial charge on any atom is -0.456 e. The van der Waals surface area contributed by atoms with Crippen LogP contribution in [0.5, 0.6) is 0 Å². The summed E-state index contributed by atoms with van der Waals surface area (Å²) in [6.45, 7) is 13.4. The zero-order chi connectivity index (χ0) is 92.0. The van der Waals surface area contributed by atoms with E-state index in [9.17, 15) is 21.9 Å². The van der Waals surface area contributed by atoms with Crippen molar-refractivity contribution in [3.63, 3.8) is 0 Å². The van der Waals surface area contributed by atoms with Crippen LogP contribution in [-0.2, 0) is 10.8 Å². The summed E-state index contributed by atoms with van der Waals surface area (Å²) in [5, 5.41) is 2.82. The molecule has 0 radical (unpaired) electrons. The Kier molecular flexibility index (Phi) is 11.9. The lowest BCUT2D eigenvalue weighted by Crippen LogP contribution is -2.30. The van der Waals surface area contributed by atoms with Crippen molar-refractivity contribution < 1.29 is 26.3 Å². The standard InChI is InChI=1S/C111H81N5O/c1-110(2,3)75-60-74(61-76(63-75)111(4,5)6)73-56-59-95-89(62-73)104-85-58-57-78(113-90-50-28-22-44-80(90)81-45-23-29-51-91(81)113)64-96(85)116(109-88(70-36-14-8-15-37-70)68-101-106(86-49-27-33-55-100(86)117-101)103(109)72-40-18-10-19-41-72)98-66-79(114-92-52-30-24-46-82(92)83-47-25-31-53-93(83)114)65-97(107(98)104)115(95)108-87(69-34-12-7-13-35-69)67-99-105(102(108)71-38-16-9-17-39-71)84-48-26-32-54-94(84)112(99)77-42-20-11-21-43-77/h7-68,104H,1-6H3/i22D,23D,24D,25D,28D,29D,30D,31D,44D,45D,46D,47D,50D,51D,52D,53D. The van der Waals surface area contributed by atoms with Crippen LogP contribution in [0.1, 0.15) is 97.2 Å². The molecule has 6 heteroatoms. The molecule has 0 saturated carbocycles. The van der Waals surface area contributed by atoms with Gasteiger partial charge < -0.3 is 27.9 Å². The number of rotatable bonds is 10. The Morgan fingerprint density at radius 3 is 1.27 bits per heavy atom. The van der Waals surface area contributed by atoms with Crippen molar-refractivity contribution >= 4 is 121 Å². The van der Waals surface area contributed by atoms with E-state index in [2.05, 4.69) is 189 Å². The number of fused-ring (bicyclic) bond motifs is 16. The molecule has 2 aliphatic rings. The van der Waals surface area contributed by atoms with Crippen LogP contribution in [0.2, 0.25) is 0 Å². The number of furan rings is 1. The molecule has 0 amide bonds. The van der Waals surface area contributed by atoms with Crippen LogP contribution >= 0.6 is 0 Å². The zero-order valence-electron chi connectivity index (χ0n) is 80.8. The molecule has 21 aromatic rings. The second-order valence-corrected chi connectivity index (χ2v) is 32.7. The van der Waals surface area contributed by atoms with Gasteiger partial charge in [0.1, 0.15) is 11.2 Å². The van der Waals surface area contributed by atoms with Gasteiger partial charge in [-0.1, -0.05) is 320 Å². The van der Waals surface area contributed by atoms with Gasteiger partial charge in [0.25, 0.3) is 0 Å². The molecule has 0 saturated heterocycles. The summed E-state index contributed by atoms with van der Waals surface area (Å²) in [5.74, 6) is -0.901. The molecule has 0 N–H and O–H groups in total. The number of nitrogens with zero attached hydrogens (tertiary/aromatic N) is 5. The predicted molar refractivity (Wildman–Crippen MR) is 492 cm³/mol. The van der Waals surface area contributed by atoms with Gasteiger partial charge in [-0.25, -0.2) is 0 Å². The van der Waals surface area contributed by atoms with Crippen molar-refractivity contribution in [1.29, 1.82) is 0 Å². The topological polar surface area (TPSA) is 34.4 Å². The molecule has 0 aliphatic carbocycles. The monoisotopic (exact) mass is 1520 g/mol. The van der Waals surface area contributed by atoms with Crippen molar-refractivity contribution in [2.75, 3.05) is 9.80 Å². The fourth-order valence-electron chi connectivity index (χ4n) is 18.7. The summed E-state index contributed by atoms with van der Waals surface area (Å²) in [4.78, 5) is 4.57. The fraction of sp³-hybridized carbons (Fsp3) is 0.0811. The van der Waals surface area contributed by atoms with E-state index >= 15 is 0 Å². The first kappa shape index (κ1) is 53.5. The Morgan fingerprint density at radius 2 is 0.726 bits per heavy atom. The van der Waals surface area contributed by atoms with E-state index in [-0.39, 0.29) is 65.8 Å². The minimum absolute atomic E-state index is 0.107. The van der Waals surface area contributed by atoms with Crippen LogP contribution in [0.15, 0.2) is 380 Å². The van der Waals surface area contributed by atoms with Gasteiger partial charge in [0, 0.05) is 88.2 Å². The van der Waals surface area contributed by atoms with E-state index in [1.165, 1.54) is 0 Å². The lowest BCUT2D eigenvalue weighted by atomic mass is 9.73. The highest BCUT2D eigenvalue weighted by Crippen LogP contribution is 2.66. The fourth-order valence-corrected chi connectivity index (χ4v) is 18.7. The van der Waals surface area contributed by atoms with Gasteiger partial charge in [-0.2, -0.15) is 0 Å². The highest BCUT2D eigenvalue weighted by atomic mass is 16.3. The van der Waals surface area contributed by atoms with Gasteiger partial charge in [-0.3, -0.25) is 0 Å². The summed E-state index contributed by atoms with van der Waals surface area (Å²) in [7, 11) is 0. The molecule has 6 nitrogen and oxygen atoms in total. The molecule has 0 spiro atoms. The molecule has 2 aliphatic heterocycles. The predicted octanol–water partition coefficient (Wildman–Crippen LogP) is 30.6. The molecular formula is C111H81N5O. The molecule has 1 unspecified atom stereocenters. The van der Waals surface area contributed by atoms with Gasteiger partial charge in [-0.15, -0.1) is 0 Å². The van der Waals surface area contributed by atoms with E-state index in [1.807, 2.05) is 146 Å². The molecule has 117 heavy (non-hydrogen) atoms. The van der Waals surface area contributed by atoms with E-state index in [0.717, 1.165) is 105 Å². The van der Waals surface area contributed by atoms with Crippen LogP contribution in [0.3, 0.4) is 0 Å². The van der Waals surface area contributed by atoms with Crippen molar-refractivity contribution in [2.45, 2.75) is 58.3 Å². The van der Waals surface area contributed by atoms with Gasteiger partial charge in [0.05, 0.1) is 94.8 Å². The molecule has 4 aromatic heterocycles. The van der Waals surface area contributed by atoms with E-state index in [4.69, 9.17) is 4.42 Å². The summed E-state index contributed by atoms with van der Waals surface area (Å²) >= 11 is 0. The van der Waals surface area contributed by atoms with Crippen molar-refractivity contribution in [2.24, 2.45) is 0 Å². The zero-order valence-corrected chi connectivity index (χ0v) is 64.8. The normalized spacial score (nSPS) is 15.4. The first-order valence-electron chi connectivity index (χ1n) is 47.6. The molecular weight excluding hydrogens is 1420 g/mol. The first-order valence-corrected chi connectivity index (χ1v) is 39.6. The van der Waals surface area contributed by atoms with Gasteiger partial charge in [0.2, 0.25) is 0 Å². The average molecular weight is 1520 g/mol. The quantitative estimate of drug-likeness (QED) is 0.137. The number of aromatic nitrogens is 3. The molecule has 1 atom stereocenters. The summed E-state index contributed by atoms with van der Waals surface area (Å²) in [6.07, 6.45) is 0. The Hall–Kier alpha value is -14.5. The maximum Gasteiger partial charge on any atom is 0.136 e. The molecule has 0 fully saturated rings. The van der Waals surface area contributed by atoms with Crippen LogP contribution < -0.4 is 9.80 Å². The minimum atomic E-state index is -0.901. The van der Waals surface area contributed by atoms with Crippen LogP contribution in [0.25, 0.3) is 160 Å². The number of anilines is 6. The summed E-state index contributed by atoms with van der Waals surface area (Å²) in [5.41, 5.74) is 19.0. The van der Waals surface area contributed by atoms with Gasteiger partial charge in [0.15, 0.2) is 0 Å². The van der Waals surface area contributed by atoms with Gasteiger partial charge in [-0.05, 0) is 163 Å². The Balaban J connectivity index is 0.997. The molecule has 17 aromatic carbocycles. The SMILES string of the molecule is [2H]c1c([2H])c([2H])c2c(c1[2H])c1c([2H])c([2H])c([2H])c([2H])c1n2-c1ccc2c(c1)N(c1c(-c3ccccc3)cc3oc4ccccc4c3c1-c1ccccc1)c1cc(-n3c4c([2H])c([2H])c([2H])c([2H])c4c4c([2H])c([2H])c([2H])c([2H])c43)cc3c1C2c1cc(-c2cc(C(C)(C)C)cc(C(C)(C)C)c2)ccc1N3c1c(-c2ccccc2)cc2c(c1-c1ccccc1)c1ccccc1n2-c1ccccc1. The third-order valence-corrected chi connectivity index (χ3v) is 23.9. The number of hydrogen-bond acceptors (Lipinski definition) is 3. The molecule has 556 valence electrons. The molecule has 6 heterocycles. The summed E-state index contributed by atoms with van der Waals surface area (Å²) < 4.78 is 170. The molecule has 23 rings (SSSR count). The van der Waals surface area contributed by atoms with Crippen molar-refractivity contribution in [3.05, 3.63) is 404 Å². The number of hydrogen-bond donors (Lipinski definition) is 0. The maximum atomic E-state index is 10.4. The van der Waals surface area contributed by atoms with Gasteiger partial charge >= 0.3 is 0 Å². The largest absolute Gasteiger partial charge is 0.456 e.